The maximum absolute atomic E-state index is 12.4. The van der Waals surface area contributed by atoms with Gasteiger partial charge in [-0.2, -0.15) is 18.3 Å². The highest BCUT2D eigenvalue weighted by Gasteiger charge is 2.31. The van der Waals surface area contributed by atoms with Gasteiger partial charge in [-0.1, -0.05) is 19.3 Å². The van der Waals surface area contributed by atoms with E-state index in [9.17, 15) is 13.2 Å². The summed E-state index contributed by atoms with van der Waals surface area (Å²) < 4.78 is 39.0. The van der Waals surface area contributed by atoms with Crippen LogP contribution in [0.25, 0.3) is 0 Å². The molecule has 0 aromatic carbocycles. The van der Waals surface area contributed by atoms with Gasteiger partial charge in [0.05, 0.1) is 18.2 Å². The first kappa shape index (κ1) is 15.3. The van der Waals surface area contributed by atoms with Gasteiger partial charge >= 0.3 is 6.18 Å². The van der Waals surface area contributed by atoms with E-state index in [0.717, 1.165) is 12.8 Å². The third-order valence-corrected chi connectivity index (χ3v) is 3.78. The number of alkyl halides is 3. The summed E-state index contributed by atoms with van der Waals surface area (Å²) in [4.78, 5) is 0. The van der Waals surface area contributed by atoms with Gasteiger partial charge in [-0.05, 0) is 18.9 Å². The number of nitrogens with one attached hydrogen (secondary N) is 1. The van der Waals surface area contributed by atoms with E-state index >= 15 is 0 Å². The molecule has 4 nitrogen and oxygen atoms in total. The van der Waals surface area contributed by atoms with Crippen LogP contribution in [0.1, 0.15) is 50.3 Å². The second kappa shape index (κ2) is 6.58. The molecule has 0 aliphatic heterocycles. The molecule has 114 valence electrons. The van der Waals surface area contributed by atoms with Crippen molar-refractivity contribution in [3.05, 3.63) is 18.0 Å². The van der Waals surface area contributed by atoms with Crippen LogP contribution in [-0.2, 0) is 6.42 Å². The van der Waals surface area contributed by atoms with Gasteiger partial charge in [0.2, 0.25) is 0 Å². The number of hydrazine groups is 1. The smallest absolute Gasteiger partial charge is 0.271 e. The Labute approximate surface area is 116 Å². The van der Waals surface area contributed by atoms with Crippen LogP contribution in [0, 0.1) is 0 Å². The Morgan fingerprint density at radius 1 is 1.35 bits per heavy atom. The van der Waals surface area contributed by atoms with E-state index in [1.54, 1.807) is 6.07 Å². The zero-order valence-corrected chi connectivity index (χ0v) is 11.4. The van der Waals surface area contributed by atoms with Crippen molar-refractivity contribution in [1.82, 2.24) is 15.2 Å². The van der Waals surface area contributed by atoms with E-state index in [-0.39, 0.29) is 6.42 Å². The van der Waals surface area contributed by atoms with Crippen LogP contribution in [0.15, 0.2) is 12.3 Å². The molecule has 20 heavy (non-hydrogen) atoms. The van der Waals surface area contributed by atoms with E-state index in [0.29, 0.717) is 11.7 Å². The predicted molar refractivity (Wildman–Crippen MR) is 69.8 cm³/mol. The molecule has 1 unspecified atom stereocenters. The van der Waals surface area contributed by atoms with Crippen LogP contribution >= 0.6 is 0 Å². The van der Waals surface area contributed by atoms with Crippen molar-refractivity contribution in [2.24, 2.45) is 5.84 Å². The van der Waals surface area contributed by atoms with Crippen molar-refractivity contribution < 1.29 is 13.2 Å². The second-order valence-corrected chi connectivity index (χ2v) is 5.47. The molecule has 3 N–H and O–H groups in total. The van der Waals surface area contributed by atoms with Crippen LogP contribution in [0.4, 0.5) is 13.2 Å². The first-order valence-electron chi connectivity index (χ1n) is 7.05. The van der Waals surface area contributed by atoms with Gasteiger partial charge in [0, 0.05) is 18.7 Å². The molecule has 1 heterocycles. The van der Waals surface area contributed by atoms with E-state index in [1.807, 2.05) is 10.9 Å². The summed E-state index contributed by atoms with van der Waals surface area (Å²) in [7, 11) is 0. The number of nitrogens with two attached hydrogens (primary N) is 1. The lowest BCUT2D eigenvalue weighted by molar-refractivity contribution is -0.140. The quantitative estimate of drug-likeness (QED) is 0.647. The normalized spacial score (nSPS) is 19.2. The Bertz CT molecular complexity index is 410. The highest BCUT2D eigenvalue weighted by atomic mass is 19.4. The summed E-state index contributed by atoms with van der Waals surface area (Å²) in [5.41, 5.74) is 2.88. The van der Waals surface area contributed by atoms with Gasteiger partial charge in [0.25, 0.3) is 0 Å². The number of aromatic nitrogens is 2. The SMILES string of the molecule is NNC(Cc1ccn(C2CCCCC2)n1)CC(F)(F)F. The average molecular weight is 290 g/mol. The number of hydrogen-bond donors (Lipinski definition) is 2. The molecule has 0 amide bonds. The molecule has 1 aliphatic rings. The van der Waals surface area contributed by atoms with E-state index in [2.05, 4.69) is 10.5 Å². The molecule has 1 fully saturated rings. The predicted octanol–water partition coefficient (Wildman–Crippen LogP) is 2.72. The van der Waals surface area contributed by atoms with E-state index in [4.69, 9.17) is 5.84 Å². The molecule has 0 bridgehead atoms. The molecule has 0 spiro atoms. The average Bonchev–Trinajstić information content (AvgIpc) is 2.86. The molecular weight excluding hydrogens is 269 g/mol. The Kier molecular flexibility index (Phi) is 5.04. The first-order valence-corrected chi connectivity index (χ1v) is 7.05. The fourth-order valence-corrected chi connectivity index (χ4v) is 2.76. The molecule has 0 saturated heterocycles. The Morgan fingerprint density at radius 2 is 2.05 bits per heavy atom. The third kappa shape index (κ3) is 4.49. The Morgan fingerprint density at radius 3 is 2.65 bits per heavy atom. The zero-order chi connectivity index (χ0) is 14.6. The lowest BCUT2D eigenvalue weighted by Crippen LogP contribution is -2.40. The van der Waals surface area contributed by atoms with Crippen molar-refractivity contribution in [2.45, 2.75) is 63.2 Å². The Balaban J connectivity index is 1.94. The maximum Gasteiger partial charge on any atom is 0.390 e. The minimum Gasteiger partial charge on any atom is -0.271 e. The number of hydrogen-bond acceptors (Lipinski definition) is 3. The van der Waals surface area contributed by atoms with Gasteiger partial charge in [-0.25, -0.2) is 0 Å². The van der Waals surface area contributed by atoms with Gasteiger partial charge in [0.15, 0.2) is 0 Å². The lowest BCUT2D eigenvalue weighted by atomic mass is 9.96. The van der Waals surface area contributed by atoms with Crippen LogP contribution < -0.4 is 11.3 Å². The van der Waals surface area contributed by atoms with Crippen LogP contribution in [-0.4, -0.2) is 22.0 Å². The highest BCUT2D eigenvalue weighted by molar-refractivity contribution is 5.02. The fraction of sp³-hybridized carbons (Fsp3) is 0.769. The van der Waals surface area contributed by atoms with Gasteiger partial charge < -0.3 is 0 Å². The van der Waals surface area contributed by atoms with Crippen molar-refractivity contribution in [3.8, 4) is 0 Å². The first-order chi connectivity index (χ1) is 9.48. The number of halogens is 3. The largest absolute Gasteiger partial charge is 0.390 e. The van der Waals surface area contributed by atoms with Crippen LogP contribution in [0.2, 0.25) is 0 Å². The Hall–Kier alpha value is -1.08. The topological polar surface area (TPSA) is 55.9 Å². The van der Waals surface area contributed by atoms with Crippen molar-refractivity contribution in [2.75, 3.05) is 0 Å². The summed E-state index contributed by atoms with van der Waals surface area (Å²) in [5, 5.41) is 4.41. The molecule has 0 radical (unpaired) electrons. The molecule has 1 atom stereocenters. The third-order valence-electron chi connectivity index (χ3n) is 3.78. The molecular formula is C13H21F3N4. The van der Waals surface area contributed by atoms with Crippen molar-refractivity contribution in [3.63, 3.8) is 0 Å². The molecule has 1 aromatic heterocycles. The van der Waals surface area contributed by atoms with Gasteiger partial charge in [-0.15, -0.1) is 0 Å². The molecule has 1 aliphatic carbocycles. The van der Waals surface area contributed by atoms with Crippen molar-refractivity contribution >= 4 is 0 Å². The van der Waals surface area contributed by atoms with E-state index < -0.39 is 18.6 Å². The number of rotatable bonds is 5. The zero-order valence-electron chi connectivity index (χ0n) is 11.4. The summed E-state index contributed by atoms with van der Waals surface area (Å²) in [6.07, 6.45) is 2.74. The number of nitrogens with zero attached hydrogens (tertiary/aromatic N) is 2. The summed E-state index contributed by atoms with van der Waals surface area (Å²) in [5.74, 6) is 5.19. The van der Waals surface area contributed by atoms with Crippen molar-refractivity contribution in [1.29, 1.82) is 0 Å². The summed E-state index contributed by atoms with van der Waals surface area (Å²) in [6, 6.07) is 1.35. The van der Waals surface area contributed by atoms with Gasteiger partial charge in [0.1, 0.15) is 0 Å². The van der Waals surface area contributed by atoms with Crippen LogP contribution in [0.5, 0.6) is 0 Å². The fourth-order valence-electron chi connectivity index (χ4n) is 2.76. The standard InChI is InChI=1S/C13H21F3N4/c14-13(15,16)9-11(18-17)8-10-6-7-20(19-10)12-4-2-1-3-5-12/h6-7,11-12,18H,1-5,8-9,17H2. The molecule has 1 saturated carbocycles. The second-order valence-electron chi connectivity index (χ2n) is 5.47. The summed E-state index contributed by atoms with van der Waals surface area (Å²) in [6.45, 7) is 0. The molecule has 7 heteroatoms. The maximum atomic E-state index is 12.4. The monoisotopic (exact) mass is 290 g/mol. The lowest BCUT2D eigenvalue weighted by Gasteiger charge is -2.22. The van der Waals surface area contributed by atoms with Gasteiger partial charge in [-0.3, -0.25) is 16.0 Å². The van der Waals surface area contributed by atoms with E-state index in [1.165, 1.54) is 19.3 Å². The summed E-state index contributed by atoms with van der Waals surface area (Å²) >= 11 is 0. The molecule has 1 aromatic rings. The van der Waals surface area contributed by atoms with Crippen LogP contribution in [0.3, 0.4) is 0 Å². The molecule has 2 rings (SSSR count). The highest BCUT2D eigenvalue weighted by Crippen LogP contribution is 2.28. The minimum absolute atomic E-state index is 0.190. The minimum atomic E-state index is -4.22.